The molecule has 2 aromatic carbocycles. The number of likely N-dealkylation sites (N-methyl/N-ethyl adjacent to an activating group) is 1. The van der Waals surface area contributed by atoms with Gasteiger partial charge in [-0.25, -0.2) is 14.6 Å². The highest BCUT2D eigenvalue weighted by molar-refractivity contribution is 6.53. The van der Waals surface area contributed by atoms with Crippen LogP contribution in [-0.4, -0.2) is 60.4 Å². The Kier molecular flexibility index (Phi) is 8.68. The number of hydrogen-bond donors (Lipinski definition) is 0. The summed E-state index contributed by atoms with van der Waals surface area (Å²) in [6.07, 6.45) is 1.55. The van der Waals surface area contributed by atoms with Crippen molar-refractivity contribution in [2.24, 2.45) is 0 Å². The summed E-state index contributed by atoms with van der Waals surface area (Å²) in [4.78, 5) is 54.2. The van der Waals surface area contributed by atoms with Crippen LogP contribution in [0.1, 0.15) is 43.4 Å². The molecule has 0 atom stereocenters. The van der Waals surface area contributed by atoms with Crippen molar-refractivity contribution in [1.29, 1.82) is 0 Å². The van der Waals surface area contributed by atoms with Crippen molar-refractivity contribution in [3.05, 3.63) is 53.1 Å². The fraction of sp³-hybridized carbons (Fsp3) is 0.407. The zero-order valence-corrected chi connectivity index (χ0v) is 21.5. The summed E-state index contributed by atoms with van der Waals surface area (Å²) in [5, 5.41) is 0. The van der Waals surface area contributed by atoms with Crippen LogP contribution in [0.4, 0.5) is 10.5 Å². The number of anilines is 1. The molecule has 192 valence electrons. The maximum atomic E-state index is 13.1. The Labute approximate surface area is 211 Å². The van der Waals surface area contributed by atoms with Crippen LogP contribution < -0.4 is 14.4 Å². The van der Waals surface area contributed by atoms with Gasteiger partial charge in [0.2, 0.25) is 5.91 Å². The molecule has 3 rings (SSSR count). The van der Waals surface area contributed by atoms with E-state index in [2.05, 4.69) is 0 Å². The first-order valence-electron chi connectivity index (χ1n) is 12.1. The normalized spacial score (nSPS) is 13.4. The quantitative estimate of drug-likeness (QED) is 0.347. The zero-order valence-electron chi connectivity index (χ0n) is 21.5. The van der Waals surface area contributed by atoms with E-state index >= 15 is 0 Å². The predicted octanol–water partition coefficient (Wildman–Crippen LogP) is 3.83. The van der Waals surface area contributed by atoms with Crippen LogP contribution in [0.5, 0.6) is 11.5 Å². The summed E-state index contributed by atoms with van der Waals surface area (Å²) in [7, 11) is 1.60. The largest absolute Gasteiger partial charge is 0.490 e. The SMILES string of the molecule is CCCOc1ccc(N2C(=O)C(=O)N(CC(=O)N(C)Cc3ccc(C)cc3C)C2=O)cc1OCCC. The number of urea groups is 1. The number of hydrogen-bond acceptors (Lipinski definition) is 6. The smallest absolute Gasteiger partial charge is 0.339 e. The molecule has 0 spiro atoms. The molecule has 0 saturated carbocycles. The second-order valence-electron chi connectivity index (χ2n) is 8.82. The van der Waals surface area contributed by atoms with Gasteiger partial charge in [-0.3, -0.25) is 14.4 Å². The van der Waals surface area contributed by atoms with Crippen LogP contribution in [0.3, 0.4) is 0 Å². The van der Waals surface area contributed by atoms with Gasteiger partial charge in [-0.05, 0) is 49.9 Å². The van der Waals surface area contributed by atoms with Crippen molar-refractivity contribution >= 4 is 29.4 Å². The van der Waals surface area contributed by atoms with Crippen molar-refractivity contribution in [1.82, 2.24) is 9.80 Å². The van der Waals surface area contributed by atoms with Crippen molar-refractivity contribution in [3.8, 4) is 11.5 Å². The molecule has 0 radical (unpaired) electrons. The van der Waals surface area contributed by atoms with Gasteiger partial charge in [-0.1, -0.05) is 37.6 Å². The zero-order chi connectivity index (χ0) is 26.4. The van der Waals surface area contributed by atoms with Gasteiger partial charge in [0, 0.05) is 19.7 Å². The molecule has 1 aliphatic heterocycles. The molecular weight excluding hydrogens is 462 g/mol. The third-order valence-corrected chi connectivity index (χ3v) is 5.79. The standard InChI is InChI=1S/C27H33N3O6/c1-6-12-35-22-11-10-21(15-23(22)36-13-7-2)30-26(33)25(32)29(27(30)34)17-24(31)28(5)16-20-9-8-18(3)14-19(20)4/h8-11,14-15H,6-7,12-13,16-17H2,1-5H3. The van der Waals surface area contributed by atoms with E-state index < -0.39 is 30.3 Å². The number of benzene rings is 2. The second-order valence-corrected chi connectivity index (χ2v) is 8.82. The fourth-order valence-corrected chi connectivity index (χ4v) is 3.79. The number of rotatable bonds is 11. The van der Waals surface area contributed by atoms with E-state index in [9.17, 15) is 19.2 Å². The Morgan fingerprint density at radius 3 is 2.19 bits per heavy atom. The first kappa shape index (κ1) is 26.7. The number of ether oxygens (including phenoxy) is 2. The molecule has 1 aliphatic rings. The van der Waals surface area contributed by atoms with Crippen molar-refractivity contribution in [2.75, 3.05) is 31.7 Å². The van der Waals surface area contributed by atoms with Gasteiger partial charge in [0.1, 0.15) is 6.54 Å². The summed E-state index contributed by atoms with van der Waals surface area (Å²) < 4.78 is 11.4. The van der Waals surface area contributed by atoms with Gasteiger partial charge in [0.25, 0.3) is 0 Å². The molecule has 9 nitrogen and oxygen atoms in total. The number of aryl methyl sites for hydroxylation is 2. The highest BCUT2D eigenvalue weighted by Gasteiger charge is 2.46. The van der Waals surface area contributed by atoms with Crippen LogP contribution in [-0.2, 0) is 20.9 Å². The summed E-state index contributed by atoms with van der Waals surface area (Å²) in [6.45, 7) is 8.56. The summed E-state index contributed by atoms with van der Waals surface area (Å²) in [5.41, 5.74) is 3.28. The number of nitrogens with zero attached hydrogens (tertiary/aromatic N) is 3. The molecular formula is C27H33N3O6. The van der Waals surface area contributed by atoms with E-state index in [1.54, 1.807) is 13.1 Å². The van der Waals surface area contributed by atoms with Crippen molar-refractivity contribution in [3.63, 3.8) is 0 Å². The van der Waals surface area contributed by atoms with Gasteiger partial charge < -0.3 is 14.4 Å². The lowest BCUT2D eigenvalue weighted by Crippen LogP contribution is -2.42. The Bertz CT molecular complexity index is 1160. The van der Waals surface area contributed by atoms with Crippen LogP contribution in [0.2, 0.25) is 0 Å². The maximum absolute atomic E-state index is 13.1. The number of amides is 5. The van der Waals surface area contributed by atoms with E-state index in [4.69, 9.17) is 9.47 Å². The monoisotopic (exact) mass is 495 g/mol. The molecule has 36 heavy (non-hydrogen) atoms. The minimum Gasteiger partial charge on any atom is -0.490 e. The lowest BCUT2D eigenvalue weighted by Gasteiger charge is -2.22. The van der Waals surface area contributed by atoms with E-state index in [0.717, 1.165) is 34.4 Å². The molecule has 1 saturated heterocycles. The van der Waals surface area contributed by atoms with Crippen molar-refractivity contribution < 1.29 is 28.7 Å². The van der Waals surface area contributed by atoms with Gasteiger partial charge in [0.05, 0.1) is 18.9 Å². The van der Waals surface area contributed by atoms with Crippen molar-refractivity contribution in [2.45, 2.75) is 47.1 Å². The van der Waals surface area contributed by atoms with E-state index in [1.165, 1.54) is 17.0 Å². The molecule has 0 aliphatic carbocycles. The summed E-state index contributed by atoms with van der Waals surface area (Å²) in [5.74, 6) is -1.66. The first-order chi connectivity index (χ1) is 17.2. The molecule has 0 N–H and O–H groups in total. The average molecular weight is 496 g/mol. The molecule has 0 unspecified atom stereocenters. The van der Waals surface area contributed by atoms with Gasteiger partial charge >= 0.3 is 17.8 Å². The fourth-order valence-electron chi connectivity index (χ4n) is 3.79. The molecule has 2 aromatic rings. The van der Waals surface area contributed by atoms with Crippen LogP contribution in [0, 0.1) is 13.8 Å². The van der Waals surface area contributed by atoms with Gasteiger partial charge in [-0.2, -0.15) is 0 Å². The Morgan fingerprint density at radius 1 is 0.889 bits per heavy atom. The third-order valence-electron chi connectivity index (χ3n) is 5.79. The first-order valence-corrected chi connectivity index (χ1v) is 12.1. The van der Waals surface area contributed by atoms with Gasteiger partial charge in [-0.15, -0.1) is 0 Å². The molecule has 1 heterocycles. The average Bonchev–Trinajstić information content (AvgIpc) is 3.06. The molecule has 9 heteroatoms. The van der Waals surface area contributed by atoms with Crippen LogP contribution in [0.25, 0.3) is 0 Å². The molecule has 1 fully saturated rings. The highest BCUT2D eigenvalue weighted by Crippen LogP contribution is 2.34. The van der Waals surface area contributed by atoms with E-state index in [-0.39, 0.29) is 5.69 Å². The molecule has 5 amide bonds. The predicted molar refractivity (Wildman–Crippen MR) is 135 cm³/mol. The number of carbonyl (C=O) groups excluding carboxylic acids is 4. The molecule has 0 aromatic heterocycles. The van der Waals surface area contributed by atoms with Crippen LogP contribution in [0.15, 0.2) is 36.4 Å². The van der Waals surface area contributed by atoms with Crippen LogP contribution >= 0.6 is 0 Å². The lowest BCUT2D eigenvalue weighted by atomic mass is 10.1. The van der Waals surface area contributed by atoms with E-state index in [1.807, 2.05) is 45.9 Å². The van der Waals surface area contributed by atoms with E-state index in [0.29, 0.717) is 36.2 Å². The number of carbonyl (C=O) groups is 4. The Morgan fingerprint density at radius 2 is 1.56 bits per heavy atom. The minimum atomic E-state index is -1.05. The maximum Gasteiger partial charge on any atom is 0.339 e. The summed E-state index contributed by atoms with van der Waals surface area (Å²) >= 11 is 0. The van der Waals surface area contributed by atoms with Gasteiger partial charge in [0.15, 0.2) is 11.5 Å². The second kappa shape index (κ2) is 11.7. The topological polar surface area (TPSA) is 96.5 Å². The minimum absolute atomic E-state index is 0.173. The third kappa shape index (κ3) is 5.84. The number of imide groups is 2. The Balaban J connectivity index is 1.76. The highest BCUT2D eigenvalue weighted by atomic mass is 16.5. The Hall–Kier alpha value is -3.88. The molecule has 0 bridgehead atoms. The summed E-state index contributed by atoms with van der Waals surface area (Å²) in [6, 6.07) is 9.68. The lowest BCUT2D eigenvalue weighted by molar-refractivity contribution is -0.142.